The molecule has 222 valence electrons. The van der Waals surface area contributed by atoms with Crippen molar-refractivity contribution in [2.75, 3.05) is 45.9 Å². The number of halogens is 1. The lowest BCUT2D eigenvalue weighted by Crippen LogP contribution is -2.53. The monoisotopic (exact) mass is 611 g/mol. The van der Waals surface area contributed by atoms with Crippen LogP contribution >= 0.6 is 23.6 Å². The summed E-state index contributed by atoms with van der Waals surface area (Å²) in [4.78, 5) is 36.4. The second-order valence-electron chi connectivity index (χ2n) is 11.4. The highest BCUT2D eigenvalue weighted by molar-refractivity contribution is 7.80. The average molecular weight is 612 g/mol. The highest BCUT2D eigenvalue weighted by Crippen LogP contribution is 2.47. The van der Waals surface area contributed by atoms with Gasteiger partial charge in [0.15, 0.2) is 5.11 Å². The Morgan fingerprint density at radius 3 is 2.79 bits per heavy atom. The number of carbonyl (C=O) groups is 2. The van der Waals surface area contributed by atoms with Crippen molar-refractivity contribution >= 4 is 46.3 Å². The van der Waals surface area contributed by atoms with E-state index >= 15 is 0 Å². The first-order chi connectivity index (χ1) is 20.2. The molecule has 4 heterocycles. The highest BCUT2D eigenvalue weighted by atomic mass is 32.1. The SMILES string of the molecule is CCOC(=O)C1=C(CN2CCN3C(=S)N(CC4(C(=O)O)CC4)C[C@H]3C2)NC(c2nccs2)=C[C@H]1c1cccc(F)c1C. The Labute approximate surface area is 253 Å². The van der Waals surface area contributed by atoms with Crippen LogP contribution in [0.3, 0.4) is 0 Å². The standard InChI is InChI=1S/C30H34FN5O4S2/c1-3-40-27(37)25-21(20-5-4-6-22(31)18(20)2)13-23(26-32-9-12-42-26)33-24(25)16-34-10-11-36-19(14-34)15-35(29(36)41)17-30(7-8-30)28(38)39/h4-6,9,12-13,19,21,33H,3,7-8,10-11,14-17H2,1-2H3,(H,38,39)/t19-,21+/m1/s1. The molecule has 0 unspecified atom stereocenters. The topological polar surface area (TPSA) is 98.2 Å². The number of rotatable bonds is 9. The molecule has 0 radical (unpaired) electrons. The molecule has 3 fully saturated rings. The number of piperazine rings is 1. The van der Waals surface area contributed by atoms with Crippen LogP contribution in [0.25, 0.3) is 5.70 Å². The maximum absolute atomic E-state index is 14.8. The number of benzene rings is 1. The van der Waals surface area contributed by atoms with E-state index in [0.717, 1.165) is 22.4 Å². The third-order valence-electron chi connectivity index (χ3n) is 8.75. The Morgan fingerprint density at radius 2 is 2.10 bits per heavy atom. The molecular weight excluding hydrogens is 577 g/mol. The number of thiocarbonyl (C=S) groups is 1. The molecule has 42 heavy (non-hydrogen) atoms. The highest BCUT2D eigenvalue weighted by Gasteiger charge is 2.53. The first-order valence-electron chi connectivity index (χ1n) is 14.3. The van der Waals surface area contributed by atoms with Crippen molar-refractivity contribution in [2.45, 2.75) is 38.6 Å². The number of carbonyl (C=O) groups excluding carboxylic acids is 1. The number of carboxylic acids is 1. The van der Waals surface area contributed by atoms with E-state index in [0.29, 0.717) is 68.0 Å². The van der Waals surface area contributed by atoms with Gasteiger partial charge in [-0.05, 0) is 62.2 Å². The van der Waals surface area contributed by atoms with Crippen LogP contribution in [0, 0.1) is 18.2 Å². The number of nitrogens with one attached hydrogen (secondary N) is 1. The molecule has 12 heteroatoms. The quantitative estimate of drug-likeness (QED) is 0.324. The number of esters is 1. The molecule has 0 spiro atoms. The molecule has 4 aliphatic rings. The maximum atomic E-state index is 14.8. The fourth-order valence-corrected chi connectivity index (χ4v) is 7.28. The fraction of sp³-hybridized carbons (Fsp3) is 0.467. The van der Waals surface area contributed by atoms with Gasteiger partial charge < -0.3 is 25.0 Å². The van der Waals surface area contributed by atoms with Gasteiger partial charge in [-0.2, -0.15) is 0 Å². The minimum Gasteiger partial charge on any atom is -0.481 e. The third kappa shape index (κ3) is 5.31. The Kier molecular flexibility index (Phi) is 7.79. The number of aliphatic carboxylic acids is 1. The minimum absolute atomic E-state index is 0.126. The second-order valence-corrected chi connectivity index (χ2v) is 12.7. The van der Waals surface area contributed by atoms with E-state index in [4.69, 9.17) is 17.0 Å². The third-order valence-corrected chi connectivity index (χ3v) is 10.1. The molecule has 0 bridgehead atoms. The number of thiazole rings is 1. The molecule has 1 aromatic heterocycles. The number of nitrogens with zero attached hydrogens (tertiary/aromatic N) is 4. The van der Waals surface area contributed by atoms with Crippen LogP contribution in [-0.4, -0.2) is 93.8 Å². The fourth-order valence-electron chi connectivity index (χ4n) is 6.28. The van der Waals surface area contributed by atoms with Crippen molar-refractivity contribution in [1.29, 1.82) is 0 Å². The molecule has 0 amide bonds. The summed E-state index contributed by atoms with van der Waals surface area (Å²) in [6.45, 7) is 7.45. The first kappa shape index (κ1) is 28.8. The van der Waals surface area contributed by atoms with Gasteiger partial charge in [0.25, 0.3) is 0 Å². The summed E-state index contributed by atoms with van der Waals surface area (Å²) in [6.07, 6.45) is 5.06. The number of ether oxygens (including phenoxy) is 1. The van der Waals surface area contributed by atoms with Gasteiger partial charge in [0.2, 0.25) is 0 Å². The van der Waals surface area contributed by atoms with Gasteiger partial charge in [-0.15, -0.1) is 11.3 Å². The normalized spacial score (nSPS) is 23.4. The van der Waals surface area contributed by atoms with Crippen molar-refractivity contribution in [1.82, 2.24) is 25.0 Å². The van der Waals surface area contributed by atoms with Gasteiger partial charge in [0.1, 0.15) is 10.8 Å². The summed E-state index contributed by atoms with van der Waals surface area (Å²) in [5.74, 6) is -2.02. The van der Waals surface area contributed by atoms with Crippen LogP contribution in [0.1, 0.15) is 41.8 Å². The Bertz CT molecular complexity index is 1470. The van der Waals surface area contributed by atoms with Crippen LogP contribution in [0.4, 0.5) is 4.39 Å². The lowest BCUT2D eigenvalue weighted by Gasteiger charge is -2.39. The van der Waals surface area contributed by atoms with Gasteiger partial charge in [-0.1, -0.05) is 12.1 Å². The van der Waals surface area contributed by atoms with Crippen LogP contribution in [0.2, 0.25) is 0 Å². The largest absolute Gasteiger partial charge is 0.481 e. The summed E-state index contributed by atoms with van der Waals surface area (Å²) in [5, 5.41) is 16.6. The van der Waals surface area contributed by atoms with Gasteiger partial charge in [0.05, 0.1) is 29.3 Å². The number of fused-ring (bicyclic) bond motifs is 1. The van der Waals surface area contributed by atoms with E-state index in [9.17, 15) is 19.1 Å². The Balaban J connectivity index is 1.29. The molecule has 2 aromatic rings. The molecule has 3 aliphatic heterocycles. The van der Waals surface area contributed by atoms with Gasteiger partial charge in [-0.3, -0.25) is 9.69 Å². The molecule has 2 saturated heterocycles. The van der Waals surface area contributed by atoms with E-state index in [1.807, 2.05) is 17.5 Å². The second kappa shape index (κ2) is 11.4. The molecule has 1 aromatic carbocycles. The average Bonchev–Trinajstić information content (AvgIpc) is 3.41. The number of allylic oxidation sites excluding steroid dienone is 1. The van der Waals surface area contributed by atoms with Crippen LogP contribution < -0.4 is 5.32 Å². The van der Waals surface area contributed by atoms with E-state index in [-0.39, 0.29) is 18.5 Å². The van der Waals surface area contributed by atoms with Gasteiger partial charge >= 0.3 is 11.9 Å². The molecule has 9 nitrogen and oxygen atoms in total. The lowest BCUT2D eigenvalue weighted by atomic mass is 9.84. The van der Waals surface area contributed by atoms with Crippen LogP contribution in [0.5, 0.6) is 0 Å². The Morgan fingerprint density at radius 1 is 1.29 bits per heavy atom. The zero-order valence-electron chi connectivity index (χ0n) is 23.6. The summed E-state index contributed by atoms with van der Waals surface area (Å²) >= 11 is 7.26. The molecule has 1 saturated carbocycles. The van der Waals surface area contributed by atoms with Crippen molar-refractivity contribution in [3.05, 3.63) is 69.1 Å². The number of aromatic nitrogens is 1. The smallest absolute Gasteiger partial charge is 0.336 e. The minimum atomic E-state index is -0.745. The Hall–Kier alpha value is -3.35. The number of hydrogen-bond donors (Lipinski definition) is 2. The molecular formula is C30H34FN5O4S2. The van der Waals surface area contributed by atoms with Crippen LogP contribution in [0.15, 0.2) is 47.1 Å². The van der Waals surface area contributed by atoms with E-state index in [1.165, 1.54) is 17.4 Å². The van der Waals surface area contributed by atoms with E-state index in [1.54, 1.807) is 26.1 Å². The first-order valence-corrected chi connectivity index (χ1v) is 15.5. The predicted molar refractivity (Wildman–Crippen MR) is 161 cm³/mol. The molecule has 6 rings (SSSR count). The maximum Gasteiger partial charge on any atom is 0.336 e. The van der Waals surface area contributed by atoms with Crippen LogP contribution in [-0.2, 0) is 14.3 Å². The number of hydrogen-bond acceptors (Lipinski definition) is 8. The summed E-state index contributed by atoms with van der Waals surface area (Å²) in [6, 6.07) is 5.08. The number of dihydropyridines is 1. The molecule has 2 N–H and O–H groups in total. The zero-order valence-corrected chi connectivity index (χ0v) is 25.3. The molecule has 2 atom stereocenters. The van der Waals surface area contributed by atoms with Gasteiger partial charge in [-0.25, -0.2) is 14.2 Å². The lowest BCUT2D eigenvalue weighted by molar-refractivity contribution is -0.143. The summed E-state index contributed by atoms with van der Waals surface area (Å²) in [5.41, 5.74) is 2.48. The van der Waals surface area contributed by atoms with Gasteiger partial charge in [0, 0.05) is 62.5 Å². The number of carboxylic acid groups (broad SMARTS) is 1. The van der Waals surface area contributed by atoms with Crippen molar-refractivity contribution in [3.63, 3.8) is 0 Å². The zero-order chi connectivity index (χ0) is 29.6. The van der Waals surface area contributed by atoms with Crippen molar-refractivity contribution in [3.8, 4) is 0 Å². The summed E-state index contributed by atoms with van der Waals surface area (Å²) in [7, 11) is 0. The van der Waals surface area contributed by atoms with E-state index in [2.05, 4.69) is 25.0 Å². The van der Waals surface area contributed by atoms with Crippen molar-refractivity contribution in [2.24, 2.45) is 5.41 Å². The summed E-state index contributed by atoms with van der Waals surface area (Å²) < 4.78 is 20.3. The van der Waals surface area contributed by atoms with E-state index < -0.39 is 23.3 Å². The molecule has 1 aliphatic carbocycles. The predicted octanol–water partition coefficient (Wildman–Crippen LogP) is 3.59. The van der Waals surface area contributed by atoms with Crippen molar-refractivity contribution < 1.29 is 23.8 Å².